The molecule has 126 valence electrons. The van der Waals surface area contributed by atoms with Gasteiger partial charge in [-0.05, 0) is 30.9 Å². The van der Waals surface area contributed by atoms with Crippen molar-refractivity contribution in [3.63, 3.8) is 0 Å². The van der Waals surface area contributed by atoms with Crippen molar-refractivity contribution in [2.45, 2.75) is 25.7 Å². The predicted molar refractivity (Wildman–Crippen MR) is 101 cm³/mol. The Labute approximate surface area is 151 Å². The number of piperidine rings is 1. The molecule has 6 heteroatoms. The van der Waals surface area contributed by atoms with Gasteiger partial charge in [-0.1, -0.05) is 54.3 Å². The van der Waals surface area contributed by atoms with Gasteiger partial charge in [0, 0.05) is 26.1 Å². The van der Waals surface area contributed by atoms with Gasteiger partial charge in [0.25, 0.3) is 5.91 Å². The molecule has 0 atom stereocenters. The number of carbonyl (C=O) groups is 2. The standard InChI is InChI=1S/C18H20N2O2S2/c21-16(19-10-5-2-6-11-19)9-12-20-17(22)15(24-18(20)23)13-14-7-3-1-4-8-14/h1,3-4,7-8,13H,2,5-6,9-12H2. The highest BCUT2D eigenvalue weighted by Gasteiger charge is 2.32. The van der Waals surface area contributed by atoms with E-state index < -0.39 is 0 Å². The first-order valence-corrected chi connectivity index (χ1v) is 9.46. The Bertz CT molecular complexity index is 667. The van der Waals surface area contributed by atoms with Gasteiger partial charge in [0.2, 0.25) is 5.91 Å². The van der Waals surface area contributed by atoms with E-state index in [-0.39, 0.29) is 11.8 Å². The smallest absolute Gasteiger partial charge is 0.266 e. The first kappa shape index (κ1) is 17.2. The third-order valence-electron chi connectivity index (χ3n) is 4.23. The molecule has 2 aliphatic heterocycles. The van der Waals surface area contributed by atoms with E-state index in [4.69, 9.17) is 12.2 Å². The molecule has 0 radical (unpaired) electrons. The SMILES string of the molecule is O=C(CCN1C(=O)C(=Cc2ccccc2)SC1=S)N1CCCCC1. The topological polar surface area (TPSA) is 40.6 Å². The maximum absolute atomic E-state index is 12.5. The van der Waals surface area contributed by atoms with Crippen molar-refractivity contribution in [1.29, 1.82) is 0 Å². The van der Waals surface area contributed by atoms with Gasteiger partial charge in [0.15, 0.2) is 0 Å². The van der Waals surface area contributed by atoms with Crippen LogP contribution in [0.2, 0.25) is 0 Å². The zero-order valence-corrected chi connectivity index (χ0v) is 15.1. The van der Waals surface area contributed by atoms with E-state index in [0.29, 0.717) is 22.2 Å². The quantitative estimate of drug-likeness (QED) is 0.610. The molecule has 2 aliphatic rings. The van der Waals surface area contributed by atoms with Crippen molar-refractivity contribution in [3.8, 4) is 0 Å². The summed E-state index contributed by atoms with van der Waals surface area (Å²) < 4.78 is 0.536. The average Bonchev–Trinajstić information content (AvgIpc) is 2.88. The number of thiocarbonyl (C=S) groups is 1. The second-order valence-corrected chi connectivity index (χ2v) is 7.61. The normalized spacial score (nSPS) is 20.1. The molecular formula is C18H20N2O2S2. The molecule has 0 saturated carbocycles. The Hall–Kier alpha value is -1.66. The summed E-state index contributed by atoms with van der Waals surface area (Å²) in [7, 11) is 0. The summed E-state index contributed by atoms with van der Waals surface area (Å²) in [5, 5.41) is 0. The zero-order valence-electron chi connectivity index (χ0n) is 13.4. The van der Waals surface area contributed by atoms with Crippen LogP contribution in [0, 0.1) is 0 Å². The molecule has 1 aromatic carbocycles. The first-order valence-electron chi connectivity index (χ1n) is 8.23. The van der Waals surface area contributed by atoms with Crippen LogP contribution < -0.4 is 0 Å². The van der Waals surface area contributed by atoms with E-state index in [1.54, 1.807) is 4.90 Å². The maximum atomic E-state index is 12.5. The van der Waals surface area contributed by atoms with Crippen molar-refractivity contribution in [2.75, 3.05) is 19.6 Å². The number of hydrogen-bond acceptors (Lipinski definition) is 4. The minimum atomic E-state index is -0.0969. The van der Waals surface area contributed by atoms with Crippen LogP contribution in [0.15, 0.2) is 35.2 Å². The van der Waals surface area contributed by atoms with E-state index >= 15 is 0 Å². The largest absolute Gasteiger partial charge is 0.343 e. The molecule has 0 bridgehead atoms. The Morgan fingerprint density at radius 3 is 2.58 bits per heavy atom. The molecule has 2 fully saturated rings. The number of thioether (sulfide) groups is 1. The number of hydrogen-bond donors (Lipinski definition) is 0. The molecule has 0 unspecified atom stereocenters. The summed E-state index contributed by atoms with van der Waals surface area (Å²) in [4.78, 5) is 28.9. The lowest BCUT2D eigenvalue weighted by molar-refractivity contribution is -0.132. The van der Waals surface area contributed by atoms with E-state index in [2.05, 4.69) is 0 Å². The van der Waals surface area contributed by atoms with Gasteiger partial charge in [-0.25, -0.2) is 0 Å². The number of rotatable bonds is 4. The summed E-state index contributed by atoms with van der Waals surface area (Å²) in [6.07, 6.45) is 5.54. The molecule has 24 heavy (non-hydrogen) atoms. The third kappa shape index (κ3) is 4.05. The molecule has 2 heterocycles. The van der Waals surface area contributed by atoms with E-state index in [9.17, 15) is 9.59 Å². The van der Waals surface area contributed by atoms with Crippen molar-refractivity contribution < 1.29 is 9.59 Å². The zero-order chi connectivity index (χ0) is 16.9. The fraction of sp³-hybridized carbons (Fsp3) is 0.389. The fourth-order valence-electron chi connectivity index (χ4n) is 2.90. The van der Waals surface area contributed by atoms with Gasteiger partial charge in [-0.2, -0.15) is 0 Å². The van der Waals surface area contributed by atoms with Crippen LogP contribution in [-0.4, -0.2) is 45.6 Å². The van der Waals surface area contributed by atoms with Gasteiger partial charge in [0.05, 0.1) is 4.91 Å². The first-order chi connectivity index (χ1) is 11.6. The van der Waals surface area contributed by atoms with E-state index in [0.717, 1.165) is 31.5 Å². The molecule has 0 spiro atoms. The fourth-order valence-corrected chi connectivity index (χ4v) is 4.21. The minimum absolute atomic E-state index is 0.0969. The van der Waals surface area contributed by atoms with Crippen LogP contribution in [0.3, 0.4) is 0 Å². The third-order valence-corrected chi connectivity index (χ3v) is 5.61. The minimum Gasteiger partial charge on any atom is -0.343 e. The Morgan fingerprint density at radius 1 is 1.17 bits per heavy atom. The van der Waals surface area contributed by atoms with Crippen LogP contribution in [0.5, 0.6) is 0 Å². The Kier molecular flexibility index (Phi) is 5.68. The van der Waals surface area contributed by atoms with E-state index in [1.165, 1.54) is 18.2 Å². The summed E-state index contributed by atoms with van der Waals surface area (Å²) >= 11 is 6.63. The predicted octanol–water partition coefficient (Wildman–Crippen LogP) is 3.29. The second kappa shape index (κ2) is 7.94. The van der Waals surface area contributed by atoms with Gasteiger partial charge < -0.3 is 4.90 Å². The molecule has 0 N–H and O–H groups in total. The monoisotopic (exact) mass is 360 g/mol. The van der Waals surface area contributed by atoms with Gasteiger partial charge >= 0.3 is 0 Å². The summed E-state index contributed by atoms with van der Waals surface area (Å²) in [5.41, 5.74) is 0.974. The van der Waals surface area contributed by atoms with Gasteiger partial charge in [0.1, 0.15) is 4.32 Å². The highest BCUT2D eigenvalue weighted by Crippen LogP contribution is 2.32. The second-order valence-electron chi connectivity index (χ2n) is 5.94. The maximum Gasteiger partial charge on any atom is 0.266 e. The molecule has 3 rings (SSSR count). The van der Waals surface area contributed by atoms with Crippen LogP contribution in [0.25, 0.3) is 6.08 Å². The Morgan fingerprint density at radius 2 is 1.88 bits per heavy atom. The van der Waals surface area contributed by atoms with E-state index in [1.807, 2.05) is 41.3 Å². The summed E-state index contributed by atoms with van der Waals surface area (Å²) in [5.74, 6) is 0.0242. The molecule has 4 nitrogen and oxygen atoms in total. The van der Waals surface area contributed by atoms with Crippen molar-refractivity contribution in [2.24, 2.45) is 0 Å². The lowest BCUT2D eigenvalue weighted by Gasteiger charge is -2.27. The van der Waals surface area contributed by atoms with Crippen molar-refractivity contribution >= 4 is 46.2 Å². The lowest BCUT2D eigenvalue weighted by atomic mass is 10.1. The number of amides is 2. The average molecular weight is 361 g/mol. The van der Waals surface area contributed by atoms with Crippen LogP contribution in [-0.2, 0) is 9.59 Å². The number of likely N-dealkylation sites (tertiary alicyclic amines) is 1. The molecule has 1 aromatic rings. The summed E-state index contributed by atoms with van der Waals surface area (Å²) in [6.45, 7) is 2.04. The Balaban J connectivity index is 1.60. The highest BCUT2D eigenvalue weighted by atomic mass is 32.2. The van der Waals surface area contributed by atoms with Crippen molar-refractivity contribution in [3.05, 3.63) is 40.8 Å². The number of nitrogens with zero attached hydrogens (tertiary/aromatic N) is 2. The van der Waals surface area contributed by atoms with Crippen LogP contribution in [0.4, 0.5) is 0 Å². The number of benzene rings is 1. The lowest BCUT2D eigenvalue weighted by Crippen LogP contribution is -2.38. The molecule has 0 aromatic heterocycles. The molecule has 2 amide bonds. The number of carbonyl (C=O) groups excluding carboxylic acids is 2. The molecular weight excluding hydrogens is 340 g/mol. The molecule has 2 saturated heterocycles. The van der Waals surface area contributed by atoms with Crippen molar-refractivity contribution in [1.82, 2.24) is 9.80 Å². The highest BCUT2D eigenvalue weighted by molar-refractivity contribution is 8.26. The van der Waals surface area contributed by atoms with Gasteiger partial charge in [-0.3, -0.25) is 14.5 Å². The molecule has 0 aliphatic carbocycles. The van der Waals surface area contributed by atoms with Crippen LogP contribution >= 0.6 is 24.0 Å². The summed E-state index contributed by atoms with van der Waals surface area (Å²) in [6, 6.07) is 9.71. The van der Waals surface area contributed by atoms with Crippen LogP contribution in [0.1, 0.15) is 31.2 Å². The van der Waals surface area contributed by atoms with Gasteiger partial charge in [-0.15, -0.1) is 0 Å².